The molecule has 0 atom stereocenters. The fraction of sp³-hybridized carbons (Fsp3) is 0.0541. The molecule has 0 aliphatic heterocycles. The quantitative estimate of drug-likeness (QED) is 0.212. The molecule has 0 unspecified atom stereocenters. The van der Waals surface area contributed by atoms with Crippen LogP contribution in [0, 0.1) is 0 Å². The molecule has 2 heterocycles. The summed E-state index contributed by atoms with van der Waals surface area (Å²) in [5.74, 6) is -0.832. The van der Waals surface area contributed by atoms with E-state index in [1.807, 2.05) is 0 Å². The molecular formula is C37H28N4O. The van der Waals surface area contributed by atoms with Crippen molar-refractivity contribution in [3.8, 4) is 56.2 Å². The fourth-order valence-corrected chi connectivity index (χ4v) is 4.02. The number of nitrogens with zero attached hydrogens (tertiary/aromatic N) is 4. The van der Waals surface area contributed by atoms with Crippen molar-refractivity contribution in [1.82, 2.24) is 19.1 Å². The zero-order chi connectivity index (χ0) is 47.8. The van der Waals surface area contributed by atoms with Gasteiger partial charge in [0.05, 0.1) is 52.6 Å². The van der Waals surface area contributed by atoms with E-state index in [9.17, 15) is 6.17 Å². The molecule has 202 valence electrons. The maximum Gasteiger partial charge on any atom is 0.328 e. The Bertz CT molecular complexity index is 3240. The van der Waals surface area contributed by atoms with Crippen molar-refractivity contribution in [1.29, 1.82) is 0 Å². The van der Waals surface area contributed by atoms with Crippen molar-refractivity contribution in [3.63, 3.8) is 0 Å². The van der Waals surface area contributed by atoms with E-state index in [1.165, 1.54) is 14.1 Å². The molecule has 0 amide bonds. The summed E-state index contributed by atoms with van der Waals surface area (Å²) in [6.45, 7) is 0. The molecule has 5 heteroatoms. The normalized spacial score (nSPS) is 18.5. The lowest BCUT2D eigenvalue weighted by atomic mass is 10.00. The first kappa shape index (κ1) is 11.0. The minimum Gasteiger partial charge on any atom is -0.295 e. The Morgan fingerprint density at radius 1 is 0.476 bits per heavy atom. The van der Waals surface area contributed by atoms with E-state index in [0.717, 1.165) is 9.13 Å². The zero-order valence-electron chi connectivity index (χ0n) is 43.7. The van der Waals surface area contributed by atoms with Crippen LogP contribution in [-0.4, -0.2) is 19.1 Å². The number of aromatic nitrogens is 4. The predicted molar refractivity (Wildman–Crippen MR) is 171 cm³/mol. The molecule has 0 N–H and O–H groups in total. The predicted octanol–water partition coefficient (Wildman–Crippen LogP) is 8.00. The van der Waals surface area contributed by atoms with Gasteiger partial charge in [0, 0.05) is 30.8 Å². The number of imidazole rings is 1. The summed E-state index contributed by atoms with van der Waals surface area (Å²) in [6, 6.07) is -19.3. The third-order valence-electron chi connectivity index (χ3n) is 6.14. The molecule has 0 radical (unpaired) electrons. The highest BCUT2D eigenvalue weighted by molar-refractivity contribution is 5.83. The lowest BCUT2D eigenvalue weighted by molar-refractivity contribution is 0.795. The molecule has 2 aromatic heterocycles. The summed E-state index contributed by atoms with van der Waals surface area (Å²) in [4.78, 5) is 21.3. The second-order valence-corrected chi connectivity index (χ2v) is 8.72. The summed E-state index contributed by atoms with van der Waals surface area (Å²) in [5.41, 5.74) is -7.60. The molecule has 0 fully saturated rings. The minimum absolute atomic E-state index is 0.110. The van der Waals surface area contributed by atoms with Gasteiger partial charge in [-0.1, -0.05) is 115 Å². The van der Waals surface area contributed by atoms with Gasteiger partial charge >= 0.3 is 5.69 Å². The molecule has 0 saturated carbocycles. The van der Waals surface area contributed by atoms with Crippen LogP contribution in [0.2, 0.25) is 0 Å². The summed E-state index contributed by atoms with van der Waals surface area (Å²) >= 11 is 0. The summed E-state index contributed by atoms with van der Waals surface area (Å²) in [6.07, 6.45) is 0. The number of benzene rings is 5. The summed E-state index contributed by atoms with van der Waals surface area (Å²) < 4.78 is 193. The molecule has 0 spiro atoms. The Morgan fingerprint density at radius 2 is 0.905 bits per heavy atom. The lowest BCUT2D eigenvalue weighted by Gasteiger charge is -2.11. The Labute approximate surface area is 274 Å². The summed E-state index contributed by atoms with van der Waals surface area (Å²) in [5, 5.41) is 0. The van der Waals surface area contributed by atoms with E-state index in [-0.39, 0.29) is 11.0 Å². The zero-order valence-corrected chi connectivity index (χ0v) is 21.7. The van der Waals surface area contributed by atoms with Crippen LogP contribution in [0.1, 0.15) is 30.2 Å². The van der Waals surface area contributed by atoms with Crippen LogP contribution in [0.3, 0.4) is 0 Å². The second kappa shape index (κ2) is 10.5. The van der Waals surface area contributed by atoms with E-state index in [2.05, 4.69) is 9.97 Å². The van der Waals surface area contributed by atoms with E-state index < -0.39 is 195 Å². The van der Waals surface area contributed by atoms with Crippen LogP contribution in [0.4, 0.5) is 0 Å². The van der Waals surface area contributed by atoms with Crippen molar-refractivity contribution in [3.05, 3.63) is 143 Å². The Balaban J connectivity index is 1.62. The van der Waals surface area contributed by atoms with Crippen molar-refractivity contribution < 1.29 is 30.2 Å². The van der Waals surface area contributed by atoms with Crippen molar-refractivity contribution in [2.45, 2.75) is 0 Å². The fourth-order valence-electron chi connectivity index (χ4n) is 4.02. The minimum atomic E-state index is -1.01. The molecule has 0 saturated heterocycles. The highest BCUT2D eigenvalue weighted by atomic mass is 16.1. The monoisotopic (exact) mass is 566 g/mol. The van der Waals surface area contributed by atoms with Crippen molar-refractivity contribution in [2.24, 2.45) is 14.1 Å². The van der Waals surface area contributed by atoms with E-state index in [4.69, 9.17) is 28.8 Å². The molecular weight excluding hydrogens is 516 g/mol. The Kier molecular flexibility index (Phi) is 2.74. The van der Waals surface area contributed by atoms with Gasteiger partial charge in [0.1, 0.15) is 0 Å². The number of fused-ring (bicyclic) bond motifs is 1. The second-order valence-electron chi connectivity index (χ2n) is 8.72. The molecule has 0 aliphatic rings. The highest BCUT2D eigenvalue weighted by Gasteiger charge is 2.13. The maximum atomic E-state index is 12.8. The third-order valence-corrected chi connectivity index (χ3v) is 6.14. The van der Waals surface area contributed by atoms with Gasteiger partial charge in [0.25, 0.3) is 0 Å². The van der Waals surface area contributed by atoms with E-state index in [0.29, 0.717) is 0 Å². The van der Waals surface area contributed by atoms with Crippen molar-refractivity contribution in [2.75, 3.05) is 0 Å². The van der Waals surface area contributed by atoms with Gasteiger partial charge in [-0.15, -0.1) is 0 Å². The van der Waals surface area contributed by atoms with Crippen LogP contribution in [0.25, 0.3) is 67.2 Å². The number of aryl methyl sites for hydroxylation is 2. The summed E-state index contributed by atoms with van der Waals surface area (Å²) in [7, 11) is 2.61. The van der Waals surface area contributed by atoms with E-state index >= 15 is 0 Å². The molecule has 7 aromatic rings. The lowest BCUT2D eigenvalue weighted by Crippen LogP contribution is -2.19. The first-order chi connectivity index (χ1) is 29.7. The van der Waals surface area contributed by atoms with Crippen LogP contribution in [0.5, 0.6) is 0 Å². The van der Waals surface area contributed by atoms with Gasteiger partial charge < -0.3 is 0 Å². The van der Waals surface area contributed by atoms with Gasteiger partial charge in [-0.3, -0.25) is 9.13 Å². The van der Waals surface area contributed by atoms with Gasteiger partial charge in [0.2, 0.25) is 0 Å². The average molecular weight is 567 g/mol. The molecule has 5 nitrogen and oxygen atoms in total. The number of hydrogen-bond donors (Lipinski definition) is 0. The maximum absolute atomic E-state index is 12.8. The highest BCUT2D eigenvalue weighted by Crippen LogP contribution is 2.31. The third kappa shape index (κ3) is 4.61. The molecule has 5 aromatic carbocycles. The SMILES string of the molecule is [2H]c1c(-c2c([2H])c([2H])c(-c3c([2H])c([2H])c([2H])c([2H])c3[2H])c([2H])c2[2H])nc(-c2c([2H])c([2H])c([2H])c([2H])c2[2H])nc1-c1c([2H])c([2H])c(-c2c([2H])c([2H])c3c(c2[2H])n(C)c(=O)n3C)c([2H])c1[2H]. The van der Waals surface area contributed by atoms with Crippen LogP contribution >= 0.6 is 0 Å². The Hall–Kier alpha value is -5.55. The topological polar surface area (TPSA) is 52.7 Å². The van der Waals surface area contributed by atoms with Gasteiger partial charge in [-0.2, -0.15) is 0 Å². The largest absolute Gasteiger partial charge is 0.328 e. The van der Waals surface area contributed by atoms with Gasteiger partial charge in [-0.05, 0) is 40.4 Å². The molecule has 7 rings (SSSR count). The molecule has 0 bridgehead atoms. The molecule has 0 aliphatic carbocycles. The molecule has 42 heavy (non-hydrogen) atoms. The van der Waals surface area contributed by atoms with Crippen LogP contribution in [0.15, 0.2) is 138 Å². The van der Waals surface area contributed by atoms with Gasteiger partial charge in [0.15, 0.2) is 5.82 Å². The average Bonchev–Trinajstić information content (AvgIpc) is 3.48. The van der Waals surface area contributed by atoms with Crippen molar-refractivity contribution >= 4 is 11.0 Å². The first-order valence-corrected chi connectivity index (χ1v) is 12.1. The Morgan fingerprint density at radius 3 is 1.48 bits per heavy atom. The smallest absolute Gasteiger partial charge is 0.295 e. The van der Waals surface area contributed by atoms with Crippen LogP contribution < -0.4 is 5.69 Å². The van der Waals surface area contributed by atoms with Crippen LogP contribution in [-0.2, 0) is 14.1 Å². The van der Waals surface area contributed by atoms with Gasteiger partial charge in [-0.25, -0.2) is 14.8 Å². The standard InChI is InChI=1S/C37H28N4O/c1-40-34-22-21-31(23-35(34)41(2)37(40)42)27-15-19-29(20-16-27)33-24-32(38-36(39-33)30-11-7-4-8-12-30)28-17-13-26(14-18-28)25-9-5-3-6-10-25/h3-24H,1-2H3/i3D,4D,5D,6D,7D,8D,9D,10D,11D,12D,13D,14D,15D,16D,17D,18D,19D,20D,21D,22D,23D,24D. The first-order valence-electron chi connectivity index (χ1n) is 23.1. The van der Waals surface area contributed by atoms with E-state index in [1.54, 1.807) is 0 Å². The number of rotatable bonds is 5. The number of hydrogen-bond acceptors (Lipinski definition) is 3.